The number of aromatic nitrogens is 3. The first-order valence-corrected chi connectivity index (χ1v) is 22.7. The molecule has 1 aromatic heterocycles. The van der Waals surface area contributed by atoms with Crippen LogP contribution in [0.3, 0.4) is 0 Å². The van der Waals surface area contributed by atoms with Gasteiger partial charge in [0, 0.05) is 28.2 Å². The van der Waals surface area contributed by atoms with Gasteiger partial charge in [-0.2, -0.15) is 0 Å². The maximum atomic E-state index is 6.73. The quantitative estimate of drug-likeness (QED) is 0.160. The molecule has 2 aliphatic carbocycles. The first-order valence-electron chi connectivity index (χ1n) is 22.7. The SMILES string of the molecule is C1=CC2Oc3cc(-c4ccccc4)cc(-c4nc(-c5ccc(-c6ccc7ccccc7c6)cc5)nc(-c5ccc6c(c5)C(c5ccccc5)(c5ccccc5)c5ccccc5-6)n4)c3C2C=C1. The highest BCUT2D eigenvalue weighted by Gasteiger charge is 2.46. The molecule has 0 bridgehead atoms. The van der Waals surface area contributed by atoms with Crippen molar-refractivity contribution in [2.45, 2.75) is 17.4 Å². The van der Waals surface area contributed by atoms with Gasteiger partial charge in [0.25, 0.3) is 0 Å². The van der Waals surface area contributed by atoms with Gasteiger partial charge in [-0.15, -0.1) is 0 Å². The Morgan fingerprint density at radius 2 is 0.939 bits per heavy atom. The van der Waals surface area contributed by atoms with Crippen molar-refractivity contribution in [2.24, 2.45) is 0 Å². The van der Waals surface area contributed by atoms with Crippen LogP contribution in [-0.2, 0) is 5.41 Å². The predicted octanol–water partition coefficient (Wildman–Crippen LogP) is 14.7. The van der Waals surface area contributed by atoms with Gasteiger partial charge < -0.3 is 4.74 Å². The molecule has 2 unspecified atom stereocenters. The molecule has 66 heavy (non-hydrogen) atoms. The molecular formula is C62H41N3O. The number of nitrogens with zero attached hydrogens (tertiary/aromatic N) is 3. The van der Waals surface area contributed by atoms with Crippen molar-refractivity contribution in [3.05, 3.63) is 264 Å². The monoisotopic (exact) mass is 843 g/mol. The van der Waals surface area contributed by atoms with Crippen molar-refractivity contribution in [3.8, 4) is 73.3 Å². The van der Waals surface area contributed by atoms with Gasteiger partial charge in [0.15, 0.2) is 17.5 Å². The third-order valence-corrected chi connectivity index (χ3v) is 13.7. The van der Waals surface area contributed by atoms with Crippen LogP contribution in [0.15, 0.2) is 237 Å². The van der Waals surface area contributed by atoms with Crippen molar-refractivity contribution in [3.63, 3.8) is 0 Å². The molecule has 1 aliphatic heterocycles. The first-order chi connectivity index (χ1) is 32.7. The zero-order valence-corrected chi connectivity index (χ0v) is 35.9. The molecule has 10 aromatic rings. The van der Waals surface area contributed by atoms with Crippen LogP contribution < -0.4 is 4.74 Å². The summed E-state index contributed by atoms with van der Waals surface area (Å²) in [7, 11) is 0. The van der Waals surface area contributed by atoms with Crippen LogP contribution >= 0.6 is 0 Å². The lowest BCUT2D eigenvalue weighted by atomic mass is 9.67. The summed E-state index contributed by atoms with van der Waals surface area (Å²) in [6.45, 7) is 0. The Bertz CT molecular complexity index is 3520. The lowest BCUT2D eigenvalue weighted by Crippen LogP contribution is -2.28. The summed E-state index contributed by atoms with van der Waals surface area (Å²) in [4.78, 5) is 16.3. The van der Waals surface area contributed by atoms with E-state index >= 15 is 0 Å². The van der Waals surface area contributed by atoms with E-state index in [1.807, 2.05) is 6.07 Å². The number of ether oxygens (including phenoxy) is 1. The molecule has 2 atom stereocenters. The van der Waals surface area contributed by atoms with Crippen molar-refractivity contribution in [1.29, 1.82) is 0 Å². The molecule has 2 heterocycles. The molecule has 0 spiro atoms. The Morgan fingerprint density at radius 3 is 1.71 bits per heavy atom. The highest BCUT2D eigenvalue weighted by Crippen LogP contribution is 2.57. The van der Waals surface area contributed by atoms with E-state index in [9.17, 15) is 0 Å². The van der Waals surface area contributed by atoms with E-state index in [4.69, 9.17) is 19.7 Å². The van der Waals surface area contributed by atoms with Gasteiger partial charge in [-0.25, -0.2) is 15.0 Å². The lowest BCUT2D eigenvalue weighted by molar-refractivity contribution is 0.269. The molecule has 0 saturated heterocycles. The van der Waals surface area contributed by atoms with Crippen LogP contribution in [0.25, 0.3) is 78.3 Å². The average Bonchev–Trinajstić information content (AvgIpc) is 3.92. The number of benzene rings is 9. The Labute approximate surface area is 384 Å². The molecule has 3 aliphatic rings. The van der Waals surface area contributed by atoms with Gasteiger partial charge in [-0.1, -0.05) is 206 Å². The van der Waals surface area contributed by atoms with E-state index in [1.165, 1.54) is 44.2 Å². The Morgan fingerprint density at radius 1 is 0.364 bits per heavy atom. The third-order valence-electron chi connectivity index (χ3n) is 13.7. The van der Waals surface area contributed by atoms with Crippen molar-refractivity contribution >= 4 is 10.8 Å². The summed E-state index contributed by atoms with van der Waals surface area (Å²) in [5.74, 6) is 2.69. The average molecular weight is 844 g/mol. The fourth-order valence-corrected chi connectivity index (χ4v) is 10.7. The van der Waals surface area contributed by atoms with Gasteiger partial charge >= 0.3 is 0 Å². The maximum absolute atomic E-state index is 6.73. The van der Waals surface area contributed by atoms with Gasteiger partial charge in [0.05, 0.1) is 5.41 Å². The van der Waals surface area contributed by atoms with Crippen LogP contribution in [0.2, 0.25) is 0 Å². The van der Waals surface area contributed by atoms with Gasteiger partial charge in [-0.05, 0) is 96.7 Å². The van der Waals surface area contributed by atoms with Gasteiger partial charge in [0.1, 0.15) is 11.9 Å². The standard InChI is InChI=1S/C62H41N3O/c1-4-16-40(17-5-1)47-37-53(58-52-25-13-15-27-56(52)66-57(58)39-47)61-64-59(43-31-28-42(29-32-43)45-33-30-41-18-10-11-19-44(41)36-45)63-60(65-61)46-34-35-51-50-24-12-14-26-54(50)62(55(51)38-46,48-20-6-2-7-21-48)49-22-8-3-9-23-49/h1-39,52,56H. The maximum Gasteiger partial charge on any atom is 0.164 e. The fraction of sp³-hybridized carbons (Fsp3) is 0.0484. The summed E-state index contributed by atoms with van der Waals surface area (Å²) < 4.78 is 6.73. The van der Waals surface area contributed by atoms with Crippen molar-refractivity contribution in [1.82, 2.24) is 15.0 Å². The zero-order chi connectivity index (χ0) is 43.6. The summed E-state index contributed by atoms with van der Waals surface area (Å²) >= 11 is 0. The van der Waals surface area contributed by atoms with Crippen LogP contribution in [0, 0.1) is 0 Å². The van der Waals surface area contributed by atoms with E-state index in [0.29, 0.717) is 17.5 Å². The van der Waals surface area contributed by atoms with E-state index in [2.05, 4.69) is 231 Å². The topological polar surface area (TPSA) is 47.9 Å². The highest BCUT2D eigenvalue weighted by atomic mass is 16.5. The number of hydrogen-bond donors (Lipinski definition) is 0. The van der Waals surface area contributed by atoms with Crippen LogP contribution in [0.4, 0.5) is 0 Å². The molecule has 4 heteroatoms. The van der Waals surface area contributed by atoms with E-state index in [1.54, 1.807) is 0 Å². The van der Waals surface area contributed by atoms with Gasteiger partial charge in [0.2, 0.25) is 0 Å². The minimum Gasteiger partial charge on any atom is -0.485 e. The largest absolute Gasteiger partial charge is 0.485 e. The molecule has 0 fully saturated rings. The first kappa shape index (κ1) is 38.0. The third kappa shape index (κ3) is 6.10. The van der Waals surface area contributed by atoms with Crippen LogP contribution in [-0.4, -0.2) is 21.1 Å². The second kappa shape index (κ2) is 15.4. The second-order valence-corrected chi connectivity index (χ2v) is 17.4. The normalized spacial score (nSPS) is 16.0. The number of rotatable bonds is 7. The minimum atomic E-state index is -0.570. The summed E-state index contributed by atoms with van der Waals surface area (Å²) in [5, 5.41) is 2.44. The summed E-state index contributed by atoms with van der Waals surface area (Å²) in [5.41, 5.74) is 15.0. The Kier molecular flexibility index (Phi) is 8.85. The van der Waals surface area contributed by atoms with Crippen molar-refractivity contribution in [2.75, 3.05) is 0 Å². The van der Waals surface area contributed by atoms with Crippen LogP contribution in [0.5, 0.6) is 5.75 Å². The zero-order valence-electron chi connectivity index (χ0n) is 35.9. The molecule has 4 nitrogen and oxygen atoms in total. The summed E-state index contributed by atoms with van der Waals surface area (Å²) in [6.07, 6.45) is 8.46. The minimum absolute atomic E-state index is 0.0191. The van der Waals surface area contributed by atoms with Crippen molar-refractivity contribution < 1.29 is 4.74 Å². The number of allylic oxidation sites excluding steroid dienone is 2. The molecular weight excluding hydrogens is 803 g/mol. The van der Waals surface area contributed by atoms with E-state index in [0.717, 1.165) is 50.3 Å². The molecule has 0 amide bonds. The molecule has 310 valence electrons. The fourth-order valence-electron chi connectivity index (χ4n) is 10.7. The van der Waals surface area contributed by atoms with Gasteiger partial charge in [-0.3, -0.25) is 0 Å². The van der Waals surface area contributed by atoms with E-state index < -0.39 is 5.41 Å². The van der Waals surface area contributed by atoms with Crippen LogP contribution in [0.1, 0.15) is 33.7 Å². The molecule has 0 saturated carbocycles. The second-order valence-electron chi connectivity index (χ2n) is 17.4. The molecule has 0 radical (unpaired) electrons. The predicted molar refractivity (Wildman–Crippen MR) is 267 cm³/mol. The number of fused-ring (bicyclic) bond motifs is 7. The summed E-state index contributed by atoms with van der Waals surface area (Å²) in [6, 6.07) is 76.1. The van der Waals surface area contributed by atoms with E-state index in [-0.39, 0.29) is 12.0 Å². The highest BCUT2D eigenvalue weighted by molar-refractivity contribution is 5.89. The Hall–Kier alpha value is -8.47. The Balaban J connectivity index is 1.03. The number of hydrogen-bond acceptors (Lipinski definition) is 4. The molecule has 9 aromatic carbocycles. The smallest absolute Gasteiger partial charge is 0.164 e. The molecule has 0 N–H and O–H groups in total. The lowest BCUT2D eigenvalue weighted by Gasteiger charge is -2.34. The molecule has 13 rings (SSSR count).